The molecule has 0 fully saturated rings. The number of esters is 1. The Bertz CT molecular complexity index is 208. The minimum Gasteiger partial charge on any atom is -0.469 e. The summed E-state index contributed by atoms with van der Waals surface area (Å²) in [5.41, 5.74) is 5.18. The topological polar surface area (TPSA) is 69.4 Å². The van der Waals surface area contributed by atoms with Crippen molar-refractivity contribution < 1.29 is 14.3 Å². The number of ether oxygens (including phenoxy) is 1. The average Bonchev–Trinajstić information content (AvgIpc) is 2.13. The summed E-state index contributed by atoms with van der Waals surface area (Å²) >= 11 is 1.42. The molecule has 82 valence electrons. The number of rotatable bonds is 6. The summed E-state index contributed by atoms with van der Waals surface area (Å²) < 4.78 is 4.53. The first-order chi connectivity index (χ1) is 6.51. The molecule has 0 saturated carbocycles. The van der Waals surface area contributed by atoms with Crippen molar-refractivity contribution in [2.24, 2.45) is 5.73 Å². The summed E-state index contributed by atoms with van der Waals surface area (Å²) in [6, 6.07) is 0. The van der Waals surface area contributed by atoms with E-state index in [1.54, 1.807) is 0 Å². The molecule has 0 aliphatic rings. The number of hydrogen-bond donors (Lipinski definition) is 1. The zero-order valence-corrected chi connectivity index (χ0v) is 9.60. The monoisotopic (exact) mass is 219 g/mol. The molecule has 0 rings (SSSR count). The van der Waals surface area contributed by atoms with Crippen LogP contribution in [0.25, 0.3) is 0 Å². The number of amides is 1. The molecule has 0 heterocycles. The van der Waals surface area contributed by atoms with E-state index in [4.69, 9.17) is 5.73 Å². The minimum absolute atomic E-state index is 0.0555. The first-order valence-electron chi connectivity index (χ1n) is 4.52. The van der Waals surface area contributed by atoms with Crippen molar-refractivity contribution in [3.8, 4) is 0 Å². The minimum atomic E-state index is -0.325. The predicted molar refractivity (Wildman–Crippen MR) is 57.0 cm³/mol. The van der Waals surface area contributed by atoms with Crippen LogP contribution in [0, 0.1) is 0 Å². The van der Waals surface area contributed by atoms with Gasteiger partial charge in [0.1, 0.15) is 0 Å². The fourth-order valence-corrected chi connectivity index (χ4v) is 2.13. The third-order valence-corrected chi connectivity index (χ3v) is 3.29. The van der Waals surface area contributed by atoms with Gasteiger partial charge in [0.15, 0.2) is 0 Å². The van der Waals surface area contributed by atoms with Gasteiger partial charge in [-0.2, -0.15) is 0 Å². The molecule has 0 aromatic carbocycles. The van der Waals surface area contributed by atoms with Gasteiger partial charge in [-0.3, -0.25) is 9.59 Å². The Morgan fingerprint density at radius 1 is 1.50 bits per heavy atom. The number of methoxy groups -OCH3 is 1. The van der Waals surface area contributed by atoms with Gasteiger partial charge in [0.2, 0.25) is 5.91 Å². The largest absolute Gasteiger partial charge is 0.469 e. The summed E-state index contributed by atoms with van der Waals surface area (Å²) in [4.78, 5) is 21.8. The zero-order valence-electron chi connectivity index (χ0n) is 8.78. The first-order valence-corrected chi connectivity index (χ1v) is 5.47. The van der Waals surface area contributed by atoms with Gasteiger partial charge >= 0.3 is 5.97 Å². The lowest BCUT2D eigenvalue weighted by molar-refractivity contribution is -0.140. The number of carbonyl (C=O) groups is 2. The van der Waals surface area contributed by atoms with Crippen molar-refractivity contribution in [2.45, 2.75) is 37.2 Å². The highest BCUT2D eigenvalue weighted by Gasteiger charge is 2.19. The van der Waals surface area contributed by atoms with Crippen LogP contribution < -0.4 is 5.73 Å². The van der Waals surface area contributed by atoms with Crippen molar-refractivity contribution in [1.29, 1.82) is 0 Å². The lowest BCUT2D eigenvalue weighted by Crippen LogP contribution is -2.27. The Balaban J connectivity index is 3.96. The van der Waals surface area contributed by atoms with Gasteiger partial charge in [-0.05, 0) is 6.42 Å². The summed E-state index contributed by atoms with van der Waals surface area (Å²) in [5, 5.41) is -0.158. The smallest absolute Gasteiger partial charge is 0.306 e. The fraction of sp³-hybridized carbons (Fsp3) is 0.778. The van der Waals surface area contributed by atoms with Gasteiger partial charge in [-0.1, -0.05) is 13.8 Å². The Morgan fingerprint density at radius 2 is 2.07 bits per heavy atom. The Hall–Kier alpha value is -0.710. The maximum Gasteiger partial charge on any atom is 0.306 e. The van der Waals surface area contributed by atoms with E-state index in [9.17, 15) is 9.59 Å². The van der Waals surface area contributed by atoms with Gasteiger partial charge in [-0.15, -0.1) is 11.8 Å². The van der Waals surface area contributed by atoms with Crippen LogP contribution in [0.1, 0.15) is 26.7 Å². The standard InChI is InChI=1S/C9H17NO3S/c1-4-7(9(10)12)14-6(2)5-8(11)13-3/h6-7H,4-5H2,1-3H3,(H2,10,12). The van der Waals surface area contributed by atoms with Crippen LogP contribution in [0.2, 0.25) is 0 Å². The van der Waals surface area contributed by atoms with Crippen molar-refractivity contribution in [3.05, 3.63) is 0 Å². The van der Waals surface area contributed by atoms with Crippen molar-refractivity contribution in [2.75, 3.05) is 7.11 Å². The highest BCUT2D eigenvalue weighted by atomic mass is 32.2. The number of hydrogen-bond acceptors (Lipinski definition) is 4. The molecule has 2 atom stereocenters. The van der Waals surface area contributed by atoms with Gasteiger partial charge in [0.25, 0.3) is 0 Å². The Labute approximate surface area is 88.6 Å². The van der Waals surface area contributed by atoms with Crippen LogP contribution in [0.15, 0.2) is 0 Å². The third kappa shape index (κ3) is 5.11. The van der Waals surface area contributed by atoms with Crippen LogP contribution >= 0.6 is 11.8 Å². The molecule has 0 aromatic rings. The SMILES string of the molecule is CCC(SC(C)CC(=O)OC)C(N)=O. The molecule has 14 heavy (non-hydrogen) atoms. The maximum atomic E-state index is 10.9. The molecule has 2 unspecified atom stereocenters. The molecule has 4 nitrogen and oxygen atoms in total. The second-order valence-electron chi connectivity index (χ2n) is 3.03. The fourth-order valence-electron chi connectivity index (χ4n) is 1.01. The summed E-state index contributed by atoms with van der Waals surface area (Å²) in [6.45, 7) is 3.78. The van der Waals surface area contributed by atoms with E-state index in [1.165, 1.54) is 18.9 Å². The molecule has 0 spiro atoms. The van der Waals surface area contributed by atoms with Crippen LogP contribution in [0.3, 0.4) is 0 Å². The van der Waals surface area contributed by atoms with E-state index in [0.29, 0.717) is 12.8 Å². The highest BCUT2D eigenvalue weighted by Crippen LogP contribution is 2.22. The molecule has 0 aliphatic heterocycles. The summed E-state index contributed by atoms with van der Waals surface area (Å²) in [5.74, 6) is -0.585. The number of thioether (sulfide) groups is 1. The number of nitrogens with two attached hydrogens (primary N) is 1. The first kappa shape index (κ1) is 13.3. The van der Waals surface area contributed by atoms with E-state index in [0.717, 1.165) is 0 Å². The molecule has 5 heteroatoms. The molecule has 0 aromatic heterocycles. The van der Waals surface area contributed by atoms with E-state index in [1.807, 2.05) is 13.8 Å². The predicted octanol–water partition coefficient (Wildman–Crippen LogP) is 0.935. The van der Waals surface area contributed by atoms with Crippen LogP contribution in [0.5, 0.6) is 0 Å². The third-order valence-electron chi connectivity index (χ3n) is 1.77. The average molecular weight is 219 g/mol. The number of carbonyl (C=O) groups excluding carboxylic acids is 2. The highest BCUT2D eigenvalue weighted by molar-refractivity contribution is 8.01. The van der Waals surface area contributed by atoms with Crippen LogP contribution in [-0.4, -0.2) is 29.5 Å². The lowest BCUT2D eigenvalue weighted by atomic mass is 10.3. The molecule has 0 saturated heterocycles. The summed E-state index contributed by atoms with van der Waals surface area (Å²) in [6.07, 6.45) is 0.996. The Morgan fingerprint density at radius 3 is 2.43 bits per heavy atom. The van der Waals surface area contributed by atoms with E-state index in [2.05, 4.69) is 4.74 Å². The van der Waals surface area contributed by atoms with Crippen molar-refractivity contribution in [3.63, 3.8) is 0 Å². The zero-order chi connectivity index (χ0) is 11.1. The quantitative estimate of drug-likeness (QED) is 0.675. The molecule has 2 N–H and O–H groups in total. The van der Waals surface area contributed by atoms with E-state index in [-0.39, 0.29) is 22.4 Å². The molecular weight excluding hydrogens is 202 g/mol. The van der Waals surface area contributed by atoms with Gasteiger partial charge < -0.3 is 10.5 Å². The second kappa shape index (κ2) is 6.70. The van der Waals surface area contributed by atoms with Crippen LogP contribution in [-0.2, 0) is 14.3 Å². The normalized spacial score (nSPS) is 14.5. The van der Waals surface area contributed by atoms with E-state index < -0.39 is 0 Å². The lowest BCUT2D eigenvalue weighted by Gasteiger charge is -2.15. The summed E-state index contributed by atoms with van der Waals surface area (Å²) in [7, 11) is 1.35. The Kier molecular flexibility index (Phi) is 6.36. The van der Waals surface area contributed by atoms with E-state index >= 15 is 0 Å². The van der Waals surface area contributed by atoms with Crippen molar-refractivity contribution >= 4 is 23.6 Å². The van der Waals surface area contributed by atoms with Gasteiger partial charge in [0.05, 0.1) is 18.8 Å². The maximum absolute atomic E-state index is 10.9. The number of primary amides is 1. The molecule has 1 amide bonds. The molecular formula is C9H17NO3S. The van der Waals surface area contributed by atoms with Crippen molar-refractivity contribution in [1.82, 2.24) is 0 Å². The second-order valence-corrected chi connectivity index (χ2v) is 4.67. The molecule has 0 aliphatic carbocycles. The van der Waals surface area contributed by atoms with Crippen LogP contribution in [0.4, 0.5) is 0 Å². The molecule has 0 radical (unpaired) electrons. The van der Waals surface area contributed by atoms with Gasteiger partial charge in [0, 0.05) is 5.25 Å². The molecule has 0 bridgehead atoms. The van der Waals surface area contributed by atoms with Gasteiger partial charge in [-0.25, -0.2) is 0 Å².